The first kappa shape index (κ1) is 9.21. The minimum Gasteiger partial charge on any atom is -0.481 e. The van der Waals surface area contributed by atoms with Gasteiger partial charge in [-0.3, -0.25) is 4.79 Å². The van der Waals surface area contributed by atoms with E-state index in [0.717, 1.165) is 16.6 Å². The Morgan fingerprint density at radius 2 is 2.46 bits per heavy atom. The van der Waals surface area contributed by atoms with Crippen molar-refractivity contribution in [2.24, 2.45) is 11.8 Å². The van der Waals surface area contributed by atoms with Gasteiger partial charge in [-0.15, -0.1) is 11.3 Å². The van der Waals surface area contributed by atoms with Crippen molar-refractivity contribution >= 4 is 33.2 Å². The number of rotatable bonds is 3. The smallest absolute Gasteiger partial charge is 0.306 e. The Labute approximate surface area is 88.7 Å². The number of carboxylic acid groups (broad SMARTS) is 1. The van der Waals surface area contributed by atoms with Crippen LogP contribution >= 0.6 is 27.3 Å². The molecule has 1 aromatic heterocycles. The molecule has 13 heavy (non-hydrogen) atoms. The molecule has 0 aromatic carbocycles. The predicted molar refractivity (Wildman–Crippen MR) is 55.0 cm³/mol. The van der Waals surface area contributed by atoms with Crippen LogP contribution in [-0.2, 0) is 11.2 Å². The highest BCUT2D eigenvalue weighted by molar-refractivity contribution is 9.11. The number of aliphatic carboxylic acids is 1. The molecule has 0 radical (unpaired) electrons. The summed E-state index contributed by atoms with van der Waals surface area (Å²) in [6.45, 7) is 0. The number of thiophene rings is 1. The Morgan fingerprint density at radius 1 is 1.69 bits per heavy atom. The molecule has 1 aliphatic carbocycles. The van der Waals surface area contributed by atoms with Crippen molar-refractivity contribution in [3.63, 3.8) is 0 Å². The first-order valence-electron chi connectivity index (χ1n) is 4.14. The van der Waals surface area contributed by atoms with E-state index in [9.17, 15) is 4.79 Å². The number of halogens is 1. The lowest BCUT2D eigenvalue weighted by Gasteiger charge is -1.92. The van der Waals surface area contributed by atoms with Crippen LogP contribution in [0.2, 0.25) is 0 Å². The zero-order chi connectivity index (χ0) is 9.42. The predicted octanol–water partition coefficient (Wildman–Crippen LogP) is 2.77. The van der Waals surface area contributed by atoms with Crippen molar-refractivity contribution in [2.45, 2.75) is 12.8 Å². The third-order valence-electron chi connectivity index (χ3n) is 2.33. The molecule has 0 spiro atoms. The summed E-state index contributed by atoms with van der Waals surface area (Å²) in [5, 5.41) is 8.70. The van der Waals surface area contributed by atoms with E-state index in [0.29, 0.717) is 5.92 Å². The van der Waals surface area contributed by atoms with E-state index in [4.69, 9.17) is 5.11 Å². The molecule has 70 valence electrons. The molecule has 4 heteroatoms. The van der Waals surface area contributed by atoms with Crippen molar-refractivity contribution in [1.29, 1.82) is 0 Å². The summed E-state index contributed by atoms with van der Waals surface area (Å²) in [6.07, 6.45) is 1.78. The SMILES string of the molecule is O=C(O)C1CC1Cc1ccc(Br)s1. The lowest BCUT2D eigenvalue weighted by molar-refractivity contribution is -0.138. The number of carbonyl (C=O) groups is 1. The maximum Gasteiger partial charge on any atom is 0.306 e. The molecule has 1 fully saturated rings. The maximum absolute atomic E-state index is 10.6. The van der Waals surface area contributed by atoms with E-state index in [2.05, 4.69) is 22.0 Å². The fraction of sp³-hybridized carbons (Fsp3) is 0.444. The van der Waals surface area contributed by atoms with Crippen LogP contribution in [0.15, 0.2) is 15.9 Å². The van der Waals surface area contributed by atoms with Gasteiger partial charge in [-0.05, 0) is 46.8 Å². The first-order chi connectivity index (χ1) is 6.16. The van der Waals surface area contributed by atoms with Gasteiger partial charge in [0.05, 0.1) is 9.70 Å². The Balaban J connectivity index is 1.91. The zero-order valence-corrected chi connectivity index (χ0v) is 9.27. The molecule has 0 saturated heterocycles. The Kier molecular flexibility index (Phi) is 2.43. The van der Waals surface area contributed by atoms with Crippen LogP contribution in [0.3, 0.4) is 0 Å². The Morgan fingerprint density at radius 3 is 2.92 bits per heavy atom. The standard InChI is InChI=1S/C9H9BrO2S/c10-8-2-1-6(13-8)3-5-4-7(5)9(11)12/h1-2,5,7H,3-4H2,(H,11,12). The summed E-state index contributed by atoms with van der Waals surface area (Å²) < 4.78 is 1.12. The minimum absolute atomic E-state index is 0.0825. The summed E-state index contributed by atoms with van der Waals surface area (Å²) >= 11 is 5.08. The lowest BCUT2D eigenvalue weighted by Crippen LogP contribution is -2.00. The summed E-state index contributed by atoms with van der Waals surface area (Å²) in [7, 11) is 0. The van der Waals surface area contributed by atoms with E-state index in [1.54, 1.807) is 11.3 Å². The van der Waals surface area contributed by atoms with Gasteiger partial charge < -0.3 is 5.11 Å². The van der Waals surface area contributed by atoms with Crippen molar-refractivity contribution in [3.05, 3.63) is 20.8 Å². The maximum atomic E-state index is 10.6. The second-order valence-corrected chi connectivity index (χ2v) is 5.90. The van der Waals surface area contributed by atoms with Crippen LogP contribution in [0.5, 0.6) is 0 Å². The molecular weight excluding hydrogens is 252 g/mol. The molecule has 2 nitrogen and oxygen atoms in total. The molecule has 2 unspecified atom stereocenters. The van der Waals surface area contributed by atoms with Crippen LogP contribution in [0.25, 0.3) is 0 Å². The molecule has 0 amide bonds. The van der Waals surface area contributed by atoms with Gasteiger partial charge in [0.2, 0.25) is 0 Å². The normalized spacial score (nSPS) is 25.9. The van der Waals surface area contributed by atoms with E-state index in [-0.39, 0.29) is 5.92 Å². The number of hydrogen-bond donors (Lipinski definition) is 1. The van der Waals surface area contributed by atoms with Gasteiger partial charge in [0.1, 0.15) is 0 Å². The molecule has 1 aromatic rings. The Hall–Kier alpha value is -0.350. The third kappa shape index (κ3) is 2.11. The van der Waals surface area contributed by atoms with E-state index in [1.165, 1.54) is 4.88 Å². The second-order valence-electron chi connectivity index (χ2n) is 3.35. The first-order valence-corrected chi connectivity index (χ1v) is 5.75. The molecule has 2 rings (SSSR count). The molecule has 2 atom stereocenters. The van der Waals surface area contributed by atoms with Gasteiger partial charge in [0, 0.05) is 4.88 Å². The van der Waals surface area contributed by atoms with Crippen LogP contribution in [-0.4, -0.2) is 11.1 Å². The average molecular weight is 261 g/mol. The molecule has 1 N–H and O–H groups in total. The summed E-state index contributed by atoms with van der Waals surface area (Å²) in [6, 6.07) is 4.07. The van der Waals surface area contributed by atoms with Crippen molar-refractivity contribution < 1.29 is 9.90 Å². The molecule has 1 saturated carbocycles. The minimum atomic E-state index is -0.638. The van der Waals surface area contributed by atoms with Crippen LogP contribution in [0.4, 0.5) is 0 Å². The van der Waals surface area contributed by atoms with Gasteiger partial charge in [0.15, 0.2) is 0 Å². The quantitative estimate of drug-likeness (QED) is 0.908. The second kappa shape index (κ2) is 3.42. The van der Waals surface area contributed by atoms with Gasteiger partial charge in [-0.2, -0.15) is 0 Å². The fourth-order valence-corrected chi connectivity index (χ4v) is 3.07. The zero-order valence-electron chi connectivity index (χ0n) is 6.87. The van der Waals surface area contributed by atoms with Crippen LogP contribution < -0.4 is 0 Å². The van der Waals surface area contributed by atoms with Gasteiger partial charge in [0.25, 0.3) is 0 Å². The van der Waals surface area contributed by atoms with Crippen molar-refractivity contribution in [1.82, 2.24) is 0 Å². The largest absolute Gasteiger partial charge is 0.481 e. The highest BCUT2D eigenvalue weighted by Crippen LogP contribution is 2.42. The highest BCUT2D eigenvalue weighted by Gasteiger charge is 2.42. The van der Waals surface area contributed by atoms with E-state index >= 15 is 0 Å². The molecule has 1 heterocycles. The third-order valence-corrected chi connectivity index (χ3v) is 3.98. The highest BCUT2D eigenvalue weighted by atomic mass is 79.9. The van der Waals surface area contributed by atoms with Gasteiger partial charge >= 0.3 is 5.97 Å². The number of hydrogen-bond acceptors (Lipinski definition) is 2. The molecule has 1 aliphatic rings. The monoisotopic (exact) mass is 260 g/mol. The average Bonchev–Trinajstić information content (AvgIpc) is 2.69. The van der Waals surface area contributed by atoms with Crippen LogP contribution in [0.1, 0.15) is 11.3 Å². The lowest BCUT2D eigenvalue weighted by atomic mass is 10.2. The van der Waals surface area contributed by atoms with Gasteiger partial charge in [-0.25, -0.2) is 0 Å². The van der Waals surface area contributed by atoms with E-state index in [1.807, 2.05) is 6.07 Å². The van der Waals surface area contributed by atoms with Crippen LogP contribution in [0, 0.1) is 11.8 Å². The fourth-order valence-electron chi connectivity index (χ4n) is 1.50. The Bertz CT molecular complexity index is 334. The van der Waals surface area contributed by atoms with Gasteiger partial charge in [-0.1, -0.05) is 0 Å². The molecular formula is C9H9BrO2S. The van der Waals surface area contributed by atoms with E-state index < -0.39 is 5.97 Å². The summed E-state index contributed by atoms with van der Waals surface area (Å²) in [5.74, 6) is -0.343. The topological polar surface area (TPSA) is 37.3 Å². The van der Waals surface area contributed by atoms with Crippen molar-refractivity contribution in [3.8, 4) is 0 Å². The van der Waals surface area contributed by atoms with Crippen molar-refractivity contribution in [2.75, 3.05) is 0 Å². The summed E-state index contributed by atoms with van der Waals surface area (Å²) in [5.41, 5.74) is 0. The number of carboxylic acids is 1. The summed E-state index contributed by atoms with van der Waals surface area (Å²) in [4.78, 5) is 11.8. The molecule has 0 bridgehead atoms. The molecule has 0 aliphatic heterocycles.